The number of ether oxygens (including phenoxy) is 1. The van der Waals surface area contributed by atoms with Gasteiger partial charge in [-0.15, -0.1) is 0 Å². The average molecular weight is 210 g/mol. The van der Waals surface area contributed by atoms with Crippen LogP contribution in [0.3, 0.4) is 0 Å². The van der Waals surface area contributed by atoms with E-state index < -0.39 is 0 Å². The summed E-state index contributed by atoms with van der Waals surface area (Å²) >= 11 is 0. The lowest BCUT2D eigenvalue weighted by Crippen LogP contribution is -2.43. The van der Waals surface area contributed by atoms with Crippen molar-refractivity contribution in [1.29, 1.82) is 0 Å². The molecule has 1 saturated carbocycles. The molecule has 2 heterocycles. The predicted molar refractivity (Wildman–Crippen MR) is 50.7 cm³/mol. The monoisotopic (exact) mass is 210 g/mol. The van der Waals surface area contributed by atoms with Crippen LogP contribution in [0, 0.1) is 0 Å². The molecule has 0 amide bonds. The molecule has 1 aromatic heterocycles. The first-order valence-corrected chi connectivity index (χ1v) is 5.27. The second kappa shape index (κ2) is 3.55. The molecule has 1 aromatic rings. The Balaban J connectivity index is 1.73. The van der Waals surface area contributed by atoms with Crippen LogP contribution in [0.1, 0.15) is 36.6 Å². The molecule has 82 valence electrons. The molecule has 1 saturated heterocycles. The summed E-state index contributed by atoms with van der Waals surface area (Å²) in [6.45, 7) is 2.00. The summed E-state index contributed by atoms with van der Waals surface area (Å²) in [6.07, 6.45) is 2.19. The first kappa shape index (κ1) is 9.26. The molecule has 0 aromatic carbocycles. The van der Waals surface area contributed by atoms with Gasteiger partial charge < -0.3 is 9.26 Å². The smallest absolute Gasteiger partial charge is 0.229 e. The zero-order chi connectivity index (χ0) is 10.3. The third-order valence-electron chi connectivity index (χ3n) is 2.77. The fraction of sp³-hybridized carbons (Fsp3) is 0.778. The molecule has 6 nitrogen and oxygen atoms in total. The number of nitrogens with zero attached hydrogens (tertiary/aromatic N) is 3. The van der Waals surface area contributed by atoms with Crippen molar-refractivity contribution in [3.05, 3.63) is 11.7 Å². The largest absolute Gasteiger partial charge is 0.367 e. The molecule has 1 atom stereocenters. The summed E-state index contributed by atoms with van der Waals surface area (Å²) in [6, 6.07) is 0. The van der Waals surface area contributed by atoms with Crippen LogP contribution in [0.25, 0.3) is 0 Å². The van der Waals surface area contributed by atoms with Crippen molar-refractivity contribution in [2.24, 2.45) is 5.84 Å². The summed E-state index contributed by atoms with van der Waals surface area (Å²) in [5, 5.41) is 5.67. The molecule has 0 bridgehead atoms. The number of nitrogens with two attached hydrogens (primary N) is 1. The minimum atomic E-state index is -0.139. The summed E-state index contributed by atoms with van der Waals surface area (Å²) < 4.78 is 10.7. The van der Waals surface area contributed by atoms with E-state index in [2.05, 4.69) is 10.1 Å². The highest BCUT2D eigenvalue weighted by Crippen LogP contribution is 2.39. The normalized spacial score (nSPS) is 28.2. The van der Waals surface area contributed by atoms with Crippen LogP contribution in [-0.2, 0) is 4.74 Å². The lowest BCUT2D eigenvalue weighted by molar-refractivity contribution is -0.0356. The lowest BCUT2D eigenvalue weighted by atomic mass is 10.3. The molecule has 1 unspecified atom stereocenters. The number of hydrazine groups is 1. The van der Waals surface area contributed by atoms with Crippen molar-refractivity contribution in [2.75, 3.05) is 19.7 Å². The number of rotatable bonds is 2. The lowest BCUT2D eigenvalue weighted by Gasteiger charge is -2.27. The second-order valence-electron chi connectivity index (χ2n) is 4.12. The van der Waals surface area contributed by atoms with E-state index in [-0.39, 0.29) is 6.10 Å². The van der Waals surface area contributed by atoms with Crippen molar-refractivity contribution in [3.8, 4) is 0 Å². The molecule has 15 heavy (non-hydrogen) atoms. The topological polar surface area (TPSA) is 77.4 Å². The maximum Gasteiger partial charge on any atom is 0.229 e. The van der Waals surface area contributed by atoms with E-state index in [9.17, 15) is 0 Å². The molecule has 0 spiro atoms. The van der Waals surface area contributed by atoms with Crippen LogP contribution in [0.15, 0.2) is 4.52 Å². The minimum Gasteiger partial charge on any atom is -0.367 e. The predicted octanol–water partition coefficient (Wildman–Crippen LogP) is 0.194. The van der Waals surface area contributed by atoms with Crippen LogP contribution < -0.4 is 5.84 Å². The van der Waals surface area contributed by atoms with E-state index in [1.54, 1.807) is 5.01 Å². The fourth-order valence-electron chi connectivity index (χ4n) is 1.70. The van der Waals surface area contributed by atoms with Crippen molar-refractivity contribution in [1.82, 2.24) is 15.1 Å². The number of morpholine rings is 1. The number of hydrogen-bond donors (Lipinski definition) is 1. The maximum atomic E-state index is 5.71. The van der Waals surface area contributed by atoms with Gasteiger partial charge in [0.2, 0.25) is 11.7 Å². The van der Waals surface area contributed by atoms with Gasteiger partial charge in [0, 0.05) is 19.0 Å². The molecule has 6 heteroatoms. The van der Waals surface area contributed by atoms with Gasteiger partial charge in [-0.1, -0.05) is 5.16 Å². The first-order chi connectivity index (χ1) is 7.33. The van der Waals surface area contributed by atoms with Gasteiger partial charge in [0.15, 0.2) is 0 Å². The molecular formula is C9H14N4O2. The Morgan fingerprint density at radius 3 is 3.00 bits per heavy atom. The van der Waals surface area contributed by atoms with Crippen LogP contribution >= 0.6 is 0 Å². The Morgan fingerprint density at radius 2 is 2.27 bits per heavy atom. The third-order valence-corrected chi connectivity index (χ3v) is 2.77. The Labute approximate surface area is 87.3 Å². The summed E-state index contributed by atoms with van der Waals surface area (Å²) in [5.41, 5.74) is 0. The van der Waals surface area contributed by atoms with E-state index in [4.69, 9.17) is 15.1 Å². The Morgan fingerprint density at radius 1 is 1.40 bits per heavy atom. The van der Waals surface area contributed by atoms with Gasteiger partial charge in [-0.25, -0.2) is 5.01 Å². The first-order valence-electron chi connectivity index (χ1n) is 5.27. The summed E-state index contributed by atoms with van der Waals surface area (Å²) in [4.78, 5) is 4.35. The van der Waals surface area contributed by atoms with Crippen molar-refractivity contribution < 1.29 is 9.26 Å². The Bertz CT molecular complexity index is 350. The van der Waals surface area contributed by atoms with Crippen molar-refractivity contribution in [3.63, 3.8) is 0 Å². The summed E-state index contributed by atoms with van der Waals surface area (Å²) in [5.74, 6) is 7.58. The zero-order valence-electron chi connectivity index (χ0n) is 8.43. The van der Waals surface area contributed by atoms with E-state index in [0.717, 1.165) is 25.3 Å². The maximum absolute atomic E-state index is 5.71. The molecule has 1 aliphatic carbocycles. The Hall–Kier alpha value is -0.980. The number of hydrogen-bond acceptors (Lipinski definition) is 6. The number of aromatic nitrogens is 2. The van der Waals surface area contributed by atoms with Gasteiger partial charge in [0.05, 0.1) is 6.61 Å². The molecule has 3 rings (SSSR count). The van der Waals surface area contributed by atoms with Crippen LogP contribution in [0.2, 0.25) is 0 Å². The summed E-state index contributed by atoms with van der Waals surface area (Å²) in [7, 11) is 0. The van der Waals surface area contributed by atoms with Gasteiger partial charge in [-0.05, 0) is 12.8 Å². The average Bonchev–Trinajstić information content (AvgIpc) is 2.97. The van der Waals surface area contributed by atoms with Gasteiger partial charge in [0.1, 0.15) is 6.10 Å². The SMILES string of the molecule is NN1CCOC(c2noc(C3CC3)n2)C1. The molecule has 0 radical (unpaired) electrons. The molecule has 2 N–H and O–H groups in total. The van der Waals surface area contributed by atoms with E-state index in [1.165, 1.54) is 0 Å². The molecule has 2 aliphatic rings. The van der Waals surface area contributed by atoms with E-state index in [0.29, 0.717) is 24.9 Å². The highest BCUT2D eigenvalue weighted by atomic mass is 16.5. The molecular weight excluding hydrogens is 196 g/mol. The van der Waals surface area contributed by atoms with Gasteiger partial charge >= 0.3 is 0 Å². The van der Waals surface area contributed by atoms with Gasteiger partial charge in [-0.3, -0.25) is 5.84 Å². The van der Waals surface area contributed by atoms with Crippen molar-refractivity contribution >= 4 is 0 Å². The second-order valence-corrected chi connectivity index (χ2v) is 4.12. The van der Waals surface area contributed by atoms with Gasteiger partial charge in [0.25, 0.3) is 0 Å². The highest BCUT2D eigenvalue weighted by molar-refractivity contribution is 5.03. The van der Waals surface area contributed by atoms with E-state index in [1.807, 2.05) is 0 Å². The van der Waals surface area contributed by atoms with Crippen molar-refractivity contribution in [2.45, 2.75) is 24.9 Å². The Kier molecular flexibility index (Phi) is 2.19. The van der Waals surface area contributed by atoms with Crippen LogP contribution in [-0.4, -0.2) is 34.8 Å². The van der Waals surface area contributed by atoms with E-state index >= 15 is 0 Å². The standard InChI is InChI=1S/C9H14N4O2/c10-13-3-4-14-7(5-13)8-11-9(15-12-8)6-1-2-6/h6-7H,1-5,10H2. The quantitative estimate of drug-likeness (QED) is 0.702. The fourth-order valence-corrected chi connectivity index (χ4v) is 1.70. The van der Waals surface area contributed by atoms with Gasteiger partial charge in [-0.2, -0.15) is 4.98 Å². The molecule has 1 aliphatic heterocycles. The molecule has 2 fully saturated rings. The van der Waals surface area contributed by atoms with Crippen LogP contribution in [0.4, 0.5) is 0 Å². The highest BCUT2D eigenvalue weighted by Gasteiger charge is 2.32. The minimum absolute atomic E-state index is 0.139. The van der Waals surface area contributed by atoms with Crippen LogP contribution in [0.5, 0.6) is 0 Å². The zero-order valence-corrected chi connectivity index (χ0v) is 8.43. The third kappa shape index (κ3) is 1.88.